The van der Waals surface area contributed by atoms with Crippen molar-refractivity contribution >= 4 is 39.4 Å². The number of hydrogen-bond acceptors (Lipinski definition) is 4. The zero-order valence-electron chi connectivity index (χ0n) is 19.8. The van der Waals surface area contributed by atoms with Gasteiger partial charge in [0, 0.05) is 35.7 Å². The van der Waals surface area contributed by atoms with E-state index in [0.29, 0.717) is 43.1 Å². The third-order valence-corrected chi connectivity index (χ3v) is 6.47. The van der Waals surface area contributed by atoms with Gasteiger partial charge in [0.25, 0.3) is 5.91 Å². The summed E-state index contributed by atoms with van der Waals surface area (Å²) in [5, 5.41) is 5.05. The van der Waals surface area contributed by atoms with Crippen LogP contribution in [-0.4, -0.2) is 34.8 Å². The molecular weight excluding hydrogens is 426 g/mol. The Labute approximate surface area is 199 Å². The molecule has 0 aliphatic carbocycles. The molecule has 0 bridgehead atoms. The summed E-state index contributed by atoms with van der Waals surface area (Å²) in [6.45, 7) is 7.29. The molecule has 1 aliphatic heterocycles. The zero-order chi connectivity index (χ0) is 23.9. The van der Waals surface area contributed by atoms with Crippen molar-refractivity contribution in [3.05, 3.63) is 72.1 Å². The lowest BCUT2D eigenvalue weighted by Crippen LogP contribution is -2.41. The van der Waals surface area contributed by atoms with Crippen LogP contribution in [-0.2, 0) is 10.2 Å². The molecule has 0 atom stereocenters. The van der Waals surface area contributed by atoms with Gasteiger partial charge < -0.3 is 14.6 Å². The number of fused-ring (bicyclic) bond motifs is 2. The molecule has 2 amide bonds. The van der Waals surface area contributed by atoms with E-state index in [-0.39, 0.29) is 23.1 Å². The smallest absolute Gasteiger partial charge is 0.254 e. The molecule has 174 valence electrons. The minimum atomic E-state index is -0.181. The fraction of sp³-hybridized carbons (Fsp3) is 0.321. The van der Waals surface area contributed by atoms with E-state index in [1.807, 2.05) is 65.6 Å². The van der Waals surface area contributed by atoms with Crippen LogP contribution >= 0.6 is 0 Å². The monoisotopic (exact) mass is 455 g/mol. The first-order valence-electron chi connectivity index (χ1n) is 11.8. The van der Waals surface area contributed by atoms with E-state index in [4.69, 9.17) is 4.42 Å². The summed E-state index contributed by atoms with van der Waals surface area (Å²) in [5.74, 6) is 0.557. The number of benzene rings is 3. The van der Waals surface area contributed by atoms with Crippen LogP contribution in [0.15, 0.2) is 65.1 Å². The summed E-state index contributed by atoms with van der Waals surface area (Å²) in [6, 6.07) is 19.3. The molecule has 0 saturated carbocycles. The van der Waals surface area contributed by atoms with Gasteiger partial charge in [-0.1, -0.05) is 57.2 Å². The fourth-order valence-corrected chi connectivity index (χ4v) is 4.50. The molecular formula is C28H29N3O3. The van der Waals surface area contributed by atoms with E-state index in [1.54, 1.807) is 0 Å². The minimum Gasteiger partial charge on any atom is -0.440 e. The maximum atomic E-state index is 13.2. The molecule has 0 spiro atoms. The molecule has 5 rings (SSSR count). The molecule has 0 unspecified atom stereocenters. The number of hydrogen-bond donors (Lipinski definition) is 1. The first-order valence-corrected chi connectivity index (χ1v) is 11.8. The highest BCUT2D eigenvalue weighted by Gasteiger charge is 2.29. The van der Waals surface area contributed by atoms with Gasteiger partial charge in [0.05, 0.1) is 0 Å². The Kier molecular flexibility index (Phi) is 5.60. The Morgan fingerprint density at radius 3 is 2.50 bits per heavy atom. The number of anilines is 1. The number of likely N-dealkylation sites (tertiary alicyclic amines) is 1. The van der Waals surface area contributed by atoms with Crippen LogP contribution in [0.3, 0.4) is 0 Å². The van der Waals surface area contributed by atoms with Gasteiger partial charge in [0.2, 0.25) is 11.8 Å². The molecule has 1 N–H and O–H groups in total. The number of nitrogens with one attached hydrogen (secondary N) is 1. The molecule has 2 heterocycles. The van der Waals surface area contributed by atoms with E-state index < -0.39 is 0 Å². The highest BCUT2D eigenvalue weighted by molar-refractivity contribution is 6.07. The summed E-state index contributed by atoms with van der Waals surface area (Å²) >= 11 is 0. The lowest BCUT2D eigenvalue weighted by atomic mass is 9.94. The molecule has 1 fully saturated rings. The molecule has 3 aromatic carbocycles. The fourth-order valence-electron chi connectivity index (χ4n) is 4.50. The normalized spacial score (nSPS) is 15.1. The number of nitrogens with zero attached hydrogens (tertiary/aromatic N) is 2. The standard InChI is InChI=1S/C28H29N3O3/c1-28(2,3)27-30-23-17-20(11-12-24(23)34-27)29-25(32)19-13-15-31(16-14-19)26(33)22-10-6-8-18-7-4-5-9-21(18)22/h4-12,17,19H,13-16H2,1-3H3,(H,29,32). The molecule has 0 radical (unpaired) electrons. The lowest BCUT2D eigenvalue weighted by Gasteiger charge is -2.31. The minimum absolute atomic E-state index is 0.0175. The van der Waals surface area contributed by atoms with Crippen molar-refractivity contribution in [3.63, 3.8) is 0 Å². The van der Waals surface area contributed by atoms with Crippen molar-refractivity contribution in [3.8, 4) is 0 Å². The summed E-state index contributed by atoms with van der Waals surface area (Å²) in [6.07, 6.45) is 1.28. The van der Waals surface area contributed by atoms with Gasteiger partial charge in [-0.15, -0.1) is 0 Å². The molecule has 1 saturated heterocycles. The van der Waals surface area contributed by atoms with Crippen LogP contribution in [0.4, 0.5) is 5.69 Å². The largest absolute Gasteiger partial charge is 0.440 e. The number of piperidine rings is 1. The van der Waals surface area contributed by atoms with Crippen molar-refractivity contribution in [1.82, 2.24) is 9.88 Å². The van der Waals surface area contributed by atoms with Gasteiger partial charge in [-0.25, -0.2) is 4.98 Å². The molecule has 4 aromatic rings. The van der Waals surface area contributed by atoms with Gasteiger partial charge in [0.15, 0.2) is 5.58 Å². The van der Waals surface area contributed by atoms with Crippen molar-refractivity contribution in [2.45, 2.75) is 39.0 Å². The van der Waals surface area contributed by atoms with Crippen LogP contribution in [0, 0.1) is 5.92 Å². The topological polar surface area (TPSA) is 75.4 Å². The summed E-state index contributed by atoms with van der Waals surface area (Å²) in [7, 11) is 0. The third-order valence-electron chi connectivity index (χ3n) is 6.47. The van der Waals surface area contributed by atoms with Crippen LogP contribution < -0.4 is 5.32 Å². The van der Waals surface area contributed by atoms with Crippen molar-refractivity contribution < 1.29 is 14.0 Å². The predicted molar refractivity (Wildman–Crippen MR) is 134 cm³/mol. The maximum absolute atomic E-state index is 13.2. The van der Waals surface area contributed by atoms with Gasteiger partial charge in [0.1, 0.15) is 5.52 Å². The molecule has 1 aromatic heterocycles. The molecule has 1 aliphatic rings. The van der Waals surface area contributed by atoms with Gasteiger partial charge in [-0.05, 0) is 47.9 Å². The Morgan fingerprint density at radius 2 is 1.74 bits per heavy atom. The maximum Gasteiger partial charge on any atom is 0.254 e. The summed E-state index contributed by atoms with van der Waals surface area (Å²) in [5.41, 5.74) is 2.69. The van der Waals surface area contributed by atoms with Crippen LogP contribution in [0.2, 0.25) is 0 Å². The van der Waals surface area contributed by atoms with E-state index in [0.717, 1.165) is 21.9 Å². The highest BCUT2D eigenvalue weighted by atomic mass is 16.3. The van der Waals surface area contributed by atoms with Crippen molar-refractivity contribution in [2.75, 3.05) is 18.4 Å². The van der Waals surface area contributed by atoms with Crippen molar-refractivity contribution in [2.24, 2.45) is 5.92 Å². The van der Waals surface area contributed by atoms with Gasteiger partial charge in [-0.3, -0.25) is 9.59 Å². The zero-order valence-corrected chi connectivity index (χ0v) is 19.8. The second-order valence-electron chi connectivity index (χ2n) is 10.0. The summed E-state index contributed by atoms with van der Waals surface area (Å²) in [4.78, 5) is 32.6. The Bertz CT molecular complexity index is 1370. The number of carbonyl (C=O) groups is 2. The quantitative estimate of drug-likeness (QED) is 0.426. The number of carbonyl (C=O) groups excluding carboxylic acids is 2. The van der Waals surface area contributed by atoms with E-state index in [1.165, 1.54) is 0 Å². The van der Waals surface area contributed by atoms with Crippen LogP contribution in [0.5, 0.6) is 0 Å². The Balaban J connectivity index is 1.23. The molecule has 6 heteroatoms. The predicted octanol–water partition coefficient (Wildman–Crippen LogP) is 5.77. The number of rotatable bonds is 3. The molecule has 34 heavy (non-hydrogen) atoms. The second-order valence-corrected chi connectivity index (χ2v) is 10.0. The molecule has 6 nitrogen and oxygen atoms in total. The average molecular weight is 456 g/mol. The second kappa shape index (κ2) is 8.60. The number of aromatic nitrogens is 1. The van der Waals surface area contributed by atoms with Crippen molar-refractivity contribution in [1.29, 1.82) is 0 Å². The Morgan fingerprint density at radius 1 is 1.00 bits per heavy atom. The highest BCUT2D eigenvalue weighted by Crippen LogP contribution is 2.28. The lowest BCUT2D eigenvalue weighted by molar-refractivity contribution is -0.121. The third kappa shape index (κ3) is 4.28. The number of oxazole rings is 1. The SMILES string of the molecule is CC(C)(C)c1nc2cc(NC(=O)C3CCN(C(=O)c4cccc5ccccc45)CC3)ccc2o1. The first kappa shape index (κ1) is 22.1. The van der Waals surface area contributed by atoms with Crippen LogP contribution in [0.25, 0.3) is 21.9 Å². The van der Waals surface area contributed by atoms with Gasteiger partial charge >= 0.3 is 0 Å². The summed E-state index contributed by atoms with van der Waals surface area (Å²) < 4.78 is 5.84. The number of amides is 2. The first-order chi connectivity index (χ1) is 16.3. The van der Waals surface area contributed by atoms with E-state index in [9.17, 15) is 9.59 Å². The average Bonchev–Trinajstić information content (AvgIpc) is 3.27. The van der Waals surface area contributed by atoms with E-state index in [2.05, 4.69) is 31.1 Å². The Hall–Kier alpha value is -3.67. The van der Waals surface area contributed by atoms with E-state index >= 15 is 0 Å². The van der Waals surface area contributed by atoms with Gasteiger partial charge in [-0.2, -0.15) is 0 Å². The van der Waals surface area contributed by atoms with Crippen LogP contribution in [0.1, 0.15) is 49.9 Å².